The lowest BCUT2D eigenvalue weighted by Gasteiger charge is -2.35. The van der Waals surface area contributed by atoms with Gasteiger partial charge in [0.25, 0.3) is 0 Å². The summed E-state index contributed by atoms with van der Waals surface area (Å²) in [5.41, 5.74) is 1.64. The largest absolute Gasteiger partial charge is 0.392 e. The minimum atomic E-state index is -1.04. The standard InChI is InChI=1S/C29H35FN4O3/c1-29(2)11-10-18-13-21(14-23(30)25(18)29)34(28(37)24-15-22(35)17-32-24)26(19-7-6-12-31-16-19)27(36)33-20-8-4-3-5-9-20/h6-7,10-14,16,20,22,24,26,32,35H,3-5,8-9,15,17H2,1-2H3,(H,33,36)/t22-,24-,26?/m1/s1. The van der Waals surface area contributed by atoms with Crippen LogP contribution in [0.15, 0.2) is 42.7 Å². The number of benzene rings is 1. The second-order valence-electron chi connectivity index (χ2n) is 11.0. The van der Waals surface area contributed by atoms with Crippen LogP contribution >= 0.6 is 0 Å². The van der Waals surface area contributed by atoms with Crippen LogP contribution in [0.25, 0.3) is 6.08 Å². The Labute approximate surface area is 217 Å². The number of nitrogens with zero attached hydrogens (tertiary/aromatic N) is 2. The fraction of sp³-hybridized carbons (Fsp3) is 0.483. The van der Waals surface area contributed by atoms with Crippen molar-refractivity contribution < 1.29 is 19.1 Å². The lowest BCUT2D eigenvalue weighted by Crippen LogP contribution is -2.51. The highest BCUT2D eigenvalue weighted by Crippen LogP contribution is 2.41. The van der Waals surface area contributed by atoms with Crippen molar-refractivity contribution in [1.82, 2.24) is 15.6 Å². The van der Waals surface area contributed by atoms with Gasteiger partial charge in [-0.3, -0.25) is 19.5 Å². The Morgan fingerprint density at radius 1 is 1.24 bits per heavy atom. The molecule has 0 bridgehead atoms. The van der Waals surface area contributed by atoms with Crippen LogP contribution < -0.4 is 15.5 Å². The zero-order valence-electron chi connectivity index (χ0n) is 21.4. The maximum atomic E-state index is 15.6. The fourth-order valence-electron chi connectivity index (χ4n) is 5.90. The molecule has 3 aliphatic rings. The van der Waals surface area contributed by atoms with Gasteiger partial charge in [0, 0.05) is 47.2 Å². The van der Waals surface area contributed by atoms with Crippen LogP contribution in [0.1, 0.15) is 75.1 Å². The van der Waals surface area contributed by atoms with Crippen LogP contribution in [0, 0.1) is 5.82 Å². The van der Waals surface area contributed by atoms with Gasteiger partial charge in [-0.05, 0) is 43.0 Å². The third kappa shape index (κ3) is 5.18. The summed E-state index contributed by atoms with van der Waals surface area (Å²) in [7, 11) is 0. The summed E-state index contributed by atoms with van der Waals surface area (Å²) >= 11 is 0. The summed E-state index contributed by atoms with van der Waals surface area (Å²) in [6, 6.07) is 4.92. The number of anilines is 1. The zero-order valence-corrected chi connectivity index (χ0v) is 21.4. The van der Waals surface area contributed by atoms with E-state index in [1.807, 2.05) is 26.0 Å². The number of rotatable bonds is 6. The van der Waals surface area contributed by atoms with Crippen molar-refractivity contribution in [2.75, 3.05) is 11.4 Å². The molecule has 0 radical (unpaired) electrons. The first kappa shape index (κ1) is 25.5. The molecule has 3 atom stereocenters. The molecule has 1 unspecified atom stereocenters. The van der Waals surface area contributed by atoms with Gasteiger partial charge in [-0.2, -0.15) is 0 Å². The number of aliphatic hydroxyl groups is 1. The Hall–Kier alpha value is -3.10. The highest BCUT2D eigenvalue weighted by atomic mass is 19.1. The van der Waals surface area contributed by atoms with Crippen LogP contribution in [0.2, 0.25) is 0 Å². The third-order valence-electron chi connectivity index (χ3n) is 7.81. The molecule has 2 fully saturated rings. The molecule has 5 rings (SSSR count). The molecule has 1 saturated carbocycles. The van der Waals surface area contributed by atoms with E-state index in [1.54, 1.807) is 30.6 Å². The molecule has 3 N–H and O–H groups in total. The lowest BCUT2D eigenvalue weighted by molar-refractivity contribution is -0.128. The fourth-order valence-corrected chi connectivity index (χ4v) is 5.90. The van der Waals surface area contributed by atoms with Crippen molar-refractivity contribution in [3.05, 3.63) is 65.2 Å². The van der Waals surface area contributed by atoms with E-state index in [4.69, 9.17) is 0 Å². The number of carbonyl (C=O) groups excluding carboxylic acids is 2. The summed E-state index contributed by atoms with van der Waals surface area (Å²) in [5, 5.41) is 16.3. The first-order valence-electron chi connectivity index (χ1n) is 13.2. The Morgan fingerprint density at radius 2 is 2.03 bits per heavy atom. The summed E-state index contributed by atoms with van der Waals surface area (Å²) in [6.45, 7) is 4.17. The number of halogens is 1. The van der Waals surface area contributed by atoms with Gasteiger partial charge in [0.1, 0.15) is 11.9 Å². The van der Waals surface area contributed by atoms with E-state index in [-0.39, 0.29) is 30.8 Å². The number of fused-ring (bicyclic) bond motifs is 1. The van der Waals surface area contributed by atoms with Crippen LogP contribution in [0.5, 0.6) is 0 Å². The van der Waals surface area contributed by atoms with Crippen LogP contribution in [0.3, 0.4) is 0 Å². The van der Waals surface area contributed by atoms with E-state index in [1.165, 1.54) is 11.0 Å². The van der Waals surface area contributed by atoms with Gasteiger partial charge in [-0.25, -0.2) is 4.39 Å². The number of pyridine rings is 1. The van der Waals surface area contributed by atoms with Gasteiger partial charge in [-0.1, -0.05) is 51.3 Å². The molecular formula is C29H35FN4O3. The number of aromatic nitrogens is 1. The molecular weight excluding hydrogens is 471 g/mol. The molecule has 0 spiro atoms. The highest BCUT2D eigenvalue weighted by Gasteiger charge is 2.40. The van der Waals surface area contributed by atoms with Crippen molar-refractivity contribution in [3.63, 3.8) is 0 Å². The maximum absolute atomic E-state index is 15.6. The number of aliphatic hydroxyl groups excluding tert-OH is 1. The van der Waals surface area contributed by atoms with Gasteiger partial charge in [0.05, 0.1) is 12.1 Å². The average molecular weight is 507 g/mol. The SMILES string of the molecule is CC1(C)C=Cc2cc(N(C(=O)[C@H]3C[C@@H](O)CN3)C(C(=O)NC3CCCCC3)c3cccnc3)cc(F)c21. The monoisotopic (exact) mass is 506 g/mol. The number of allylic oxidation sites excluding steroid dienone is 1. The summed E-state index contributed by atoms with van der Waals surface area (Å²) in [4.78, 5) is 33.6. The molecule has 2 amide bonds. The highest BCUT2D eigenvalue weighted by molar-refractivity contribution is 6.04. The van der Waals surface area contributed by atoms with Crippen molar-refractivity contribution in [1.29, 1.82) is 0 Å². The average Bonchev–Trinajstić information content (AvgIpc) is 3.45. The lowest BCUT2D eigenvalue weighted by atomic mass is 9.86. The molecule has 7 nitrogen and oxygen atoms in total. The summed E-state index contributed by atoms with van der Waals surface area (Å²) < 4.78 is 15.6. The van der Waals surface area contributed by atoms with Gasteiger partial charge in [-0.15, -0.1) is 0 Å². The van der Waals surface area contributed by atoms with Crippen molar-refractivity contribution in [2.45, 2.75) is 82.0 Å². The normalized spacial score (nSPS) is 23.5. The Kier molecular flexibility index (Phi) is 7.14. The molecule has 1 aromatic heterocycles. The van der Waals surface area contributed by atoms with Crippen molar-refractivity contribution in [3.8, 4) is 0 Å². The third-order valence-corrected chi connectivity index (χ3v) is 7.81. The Bertz CT molecular complexity index is 1190. The number of nitrogens with one attached hydrogen (secondary N) is 2. The number of hydrogen-bond acceptors (Lipinski definition) is 5. The van der Waals surface area contributed by atoms with E-state index < -0.39 is 29.4 Å². The number of hydrogen-bond donors (Lipinski definition) is 3. The van der Waals surface area contributed by atoms with E-state index >= 15 is 4.39 Å². The Balaban J connectivity index is 1.60. The smallest absolute Gasteiger partial charge is 0.248 e. The molecule has 2 aromatic rings. The van der Waals surface area contributed by atoms with Gasteiger partial charge in [0.15, 0.2) is 0 Å². The van der Waals surface area contributed by atoms with Gasteiger partial charge in [0.2, 0.25) is 11.8 Å². The molecule has 2 aliphatic carbocycles. The number of carbonyl (C=O) groups is 2. The van der Waals surface area contributed by atoms with Crippen LogP contribution in [-0.4, -0.2) is 46.6 Å². The minimum absolute atomic E-state index is 0.0318. The number of β-amino-alcohol motifs (C(OH)–C–C–N with tert-alkyl or cyclic N) is 1. The van der Waals surface area contributed by atoms with E-state index in [0.717, 1.165) is 32.1 Å². The number of amides is 2. The molecule has 2 heterocycles. The molecule has 37 heavy (non-hydrogen) atoms. The zero-order chi connectivity index (χ0) is 26.2. The second-order valence-corrected chi connectivity index (χ2v) is 11.0. The molecule has 8 heteroatoms. The minimum Gasteiger partial charge on any atom is -0.392 e. The van der Waals surface area contributed by atoms with E-state index in [9.17, 15) is 14.7 Å². The first-order chi connectivity index (χ1) is 17.7. The molecule has 1 aliphatic heterocycles. The molecule has 1 saturated heterocycles. The second kappa shape index (κ2) is 10.3. The summed E-state index contributed by atoms with van der Waals surface area (Å²) in [5.74, 6) is -1.12. The van der Waals surface area contributed by atoms with Crippen molar-refractivity contribution in [2.24, 2.45) is 0 Å². The van der Waals surface area contributed by atoms with Gasteiger partial charge < -0.3 is 15.7 Å². The first-order valence-corrected chi connectivity index (χ1v) is 13.2. The predicted molar refractivity (Wildman–Crippen MR) is 140 cm³/mol. The topological polar surface area (TPSA) is 94.6 Å². The van der Waals surface area contributed by atoms with Gasteiger partial charge >= 0.3 is 0 Å². The van der Waals surface area contributed by atoms with Crippen LogP contribution in [0.4, 0.5) is 10.1 Å². The Morgan fingerprint density at radius 3 is 2.70 bits per heavy atom. The van der Waals surface area contributed by atoms with E-state index in [0.29, 0.717) is 22.4 Å². The van der Waals surface area contributed by atoms with E-state index in [2.05, 4.69) is 15.6 Å². The summed E-state index contributed by atoms with van der Waals surface area (Å²) in [6.07, 6.45) is 11.6. The van der Waals surface area contributed by atoms with Crippen molar-refractivity contribution >= 4 is 23.6 Å². The maximum Gasteiger partial charge on any atom is 0.248 e. The molecule has 196 valence electrons. The quantitative estimate of drug-likeness (QED) is 0.555. The predicted octanol–water partition coefficient (Wildman–Crippen LogP) is 3.77. The molecule has 1 aromatic carbocycles. The van der Waals surface area contributed by atoms with Crippen LogP contribution in [-0.2, 0) is 15.0 Å².